The molecule has 0 unspecified atom stereocenters. The molecule has 0 saturated carbocycles. The molecule has 2 aromatic carbocycles. The lowest BCUT2D eigenvalue weighted by Gasteiger charge is -2.33. The summed E-state index contributed by atoms with van der Waals surface area (Å²) in [4.78, 5) is 25.2. The Morgan fingerprint density at radius 3 is 2.47 bits per heavy atom. The Labute approximate surface area is 232 Å². The van der Waals surface area contributed by atoms with E-state index in [4.69, 9.17) is 16.6 Å². The molecule has 38 heavy (non-hydrogen) atoms. The van der Waals surface area contributed by atoms with Crippen LogP contribution in [0.1, 0.15) is 43.9 Å². The highest BCUT2D eigenvalue weighted by Gasteiger charge is 2.35. The number of hydrogen-bond donors (Lipinski definition) is 0. The van der Waals surface area contributed by atoms with Gasteiger partial charge in [0.05, 0.1) is 27.4 Å². The number of nitrogens with zero attached hydrogens (tertiary/aromatic N) is 4. The van der Waals surface area contributed by atoms with Crippen LogP contribution in [0.25, 0.3) is 10.2 Å². The molecule has 0 radical (unpaired) electrons. The van der Waals surface area contributed by atoms with E-state index in [-0.39, 0.29) is 29.8 Å². The van der Waals surface area contributed by atoms with Gasteiger partial charge in [-0.25, -0.2) is 13.4 Å². The normalized spacial score (nSPS) is 15.3. The van der Waals surface area contributed by atoms with Gasteiger partial charge < -0.3 is 0 Å². The number of rotatable bonds is 7. The van der Waals surface area contributed by atoms with Crippen LogP contribution in [0, 0.1) is 5.92 Å². The molecular formula is C28H29ClN4O3S2. The Kier molecular flexibility index (Phi) is 7.81. The fourth-order valence-electron chi connectivity index (χ4n) is 4.75. The van der Waals surface area contributed by atoms with Crippen molar-refractivity contribution in [1.29, 1.82) is 0 Å². The molecule has 1 aliphatic rings. The minimum Gasteiger partial charge on any atom is -0.282 e. The first kappa shape index (κ1) is 26.7. The highest BCUT2D eigenvalue weighted by molar-refractivity contribution is 7.89. The minimum atomic E-state index is -3.65. The van der Waals surface area contributed by atoms with Crippen molar-refractivity contribution in [3.05, 3.63) is 83.1 Å². The van der Waals surface area contributed by atoms with Crippen LogP contribution >= 0.6 is 22.9 Å². The van der Waals surface area contributed by atoms with Gasteiger partial charge in [0.15, 0.2) is 5.13 Å². The van der Waals surface area contributed by atoms with Gasteiger partial charge in [-0.15, -0.1) is 0 Å². The monoisotopic (exact) mass is 568 g/mol. The van der Waals surface area contributed by atoms with Crippen LogP contribution in [0.4, 0.5) is 5.13 Å². The molecule has 0 aliphatic carbocycles. The quantitative estimate of drug-likeness (QED) is 0.269. The summed E-state index contributed by atoms with van der Waals surface area (Å²) in [5.41, 5.74) is 2.84. The number of benzene rings is 2. The zero-order chi connectivity index (χ0) is 26.9. The number of amides is 1. The Morgan fingerprint density at radius 1 is 1.08 bits per heavy atom. The number of hydrogen-bond acceptors (Lipinski definition) is 6. The van der Waals surface area contributed by atoms with Crippen molar-refractivity contribution in [2.24, 2.45) is 5.92 Å². The highest BCUT2D eigenvalue weighted by atomic mass is 35.5. The number of pyridine rings is 1. The second-order valence-corrected chi connectivity index (χ2v) is 13.1. The number of para-hydroxylation sites is 1. The lowest BCUT2D eigenvalue weighted by atomic mass is 9.96. The number of thiazole rings is 1. The van der Waals surface area contributed by atoms with E-state index in [2.05, 4.69) is 24.9 Å². The maximum Gasteiger partial charge on any atom is 0.243 e. The Bertz CT molecular complexity index is 1530. The number of carbonyl (C=O) groups is 1. The van der Waals surface area contributed by atoms with E-state index in [9.17, 15) is 13.2 Å². The van der Waals surface area contributed by atoms with Crippen LogP contribution in [0.15, 0.2) is 71.8 Å². The van der Waals surface area contributed by atoms with Crippen LogP contribution in [-0.2, 0) is 21.4 Å². The minimum absolute atomic E-state index is 0.0515. The van der Waals surface area contributed by atoms with Gasteiger partial charge in [-0.3, -0.25) is 14.7 Å². The van der Waals surface area contributed by atoms with E-state index in [1.54, 1.807) is 23.2 Å². The van der Waals surface area contributed by atoms with Gasteiger partial charge in [-0.05, 0) is 66.8 Å². The Hall–Kier alpha value is -2.85. The molecule has 2 aromatic heterocycles. The smallest absolute Gasteiger partial charge is 0.243 e. The molecule has 1 aliphatic heterocycles. The lowest BCUT2D eigenvalue weighted by Crippen LogP contribution is -2.44. The summed E-state index contributed by atoms with van der Waals surface area (Å²) >= 11 is 7.43. The lowest BCUT2D eigenvalue weighted by molar-refractivity contribution is -0.123. The Morgan fingerprint density at radius 2 is 1.82 bits per heavy atom. The van der Waals surface area contributed by atoms with Crippen molar-refractivity contribution in [3.63, 3.8) is 0 Å². The van der Waals surface area contributed by atoms with E-state index in [1.165, 1.54) is 27.8 Å². The molecule has 1 fully saturated rings. The predicted molar refractivity (Wildman–Crippen MR) is 152 cm³/mol. The first-order valence-electron chi connectivity index (χ1n) is 12.6. The fraction of sp³-hybridized carbons (Fsp3) is 0.321. The number of aromatic nitrogens is 2. The third-order valence-corrected chi connectivity index (χ3v) is 10.1. The molecule has 4 aromatic rings. The van der Waals surface area contributed by atoms with Crippen molar-refractivity contribution in [2.45, 2.75) is 44.0 Å². The molecule has 1 saturated heterocycles. The first-order chi connectivity index (χ1) is 18.2. The summed E-state index contributed by atoms with van der Waals surface area (Å²) in [6.07, 6.45) is 2.59. The van der Waals surface area contributed by atoms with E-state index in [0.717, 1.165) is 21.5 Å². The van der Waals surface area contributed by atoms with Crippen LogP contribution in [0.5, 0.6) is 0 Å². The van der Waals surface area contributed by atoms with Gasteiger partial charge in [0.2, 0.25) is 15.9 Å². The molecule has 5 rings (SSSR count). The second kappa shape index (κ2) is 11.1. The average Bonchev–Trinajstić information content (AvgIpc) is 3.36. The van der Waals surface area contributed by atoms with Crippen LogP contribution in [0.2, 0.25) is 5.02 Å². The fourth-order valence-corrected chi connectivity index (χ4v) is 7.35. The maximum atomic E-state index is 13.9. The maximum absolute atomic E-state index is 13.9. The number of sulfonamides is 1. The summed E-state index contributed by atoms with van der Waals surface area (Å²) < 4.78 is 28.7. The highest BCUT2D eigenvalue weighted by Crippen LogP contribution is 2.36. The number of halogens is 1. The summed E-state index contributed by atoms with van der Waals surface area (Å²) in [6, 6.07) is 18.0. The van der Waals surface area contributed by atoms with Crippen molar-refractivity contribution in [1.82, 2.24) is 14.3 Å². The number of fused-ring (bicyclic) bond motifs is 1. The van der Waals surface area contributed by atoms with E-state index < -0.39 is 10.0 Å². The summed E-state index contributed by atoms with van der Waals surface area (Å²) in [7, 11) is -3.65. The van der Waals surface area contributed by atoms with Crippen molar-refractivity contribution in [2.75, 3.05) is 18.0 Å². The number of piperidine rings is 1. The van der Waals surface area contributed by atoms with Gasteiger partial charge in [-0.2, -0.15) is 4.31 Å². The first-order valence-corrected chi connectivity index (χ1v) is 15.2. The molecule has 0 N–H and O–H groups in total. The van der Waals surface area contributed by atoms with E-state index in [0.29, 0.717) is 35.5 Å². The van der Waals surface area contributed by atoms with Crippen LogP contribution in [0.3, 0.4) is 0 Å². The van der Waals surface area contributed by atoms with E-state index in [1.807, 2.05) is 30.3 Å². The van der Waals surface area contributed by atoms with Gasteiger partial charge >= 0.3 is 0 Å². The molecule has 0 atom stereocenters. The summed E-state index contributed by atoms with van der Waals surface area (Å²) in [5, 5.41) is 1.12. The van der Waals surface area contributed by atoms with Crippen LogP contribution in [-0.4, -0.2) is 41.7 Å². The van der Waals surface area contributed by atoms with Crippen molar-refractivity contribution in [3.8, 4) is 0 Å². The van der Waals surface area contributed by atoms with Crippen LogP contribution < -0.4 is 4.90 Å². The zero-order valence-corrected chi connectivity index (χ0v) is 23.6. The largest absolute Gasteiger partial charge is 0.282 e. The van der Waals surface area contributed by atoms with Gasteiger partial charge in [0.25, 0.3) is 0 Å². The van der Waals surface area contributed by atoms with E-state index >= 15 is 0 Å². The average molecular weight is 569 g/mol. The standard InChI is InChI=1S/C28H29ClN4O3S2/c1-19(2)24-7-5-8-25-26(24)31-28(37-25)33(18-22-6-3-4-15-30-22)27(34)20-13-16-32(17-14-20)38(35,36)23-11-9-21(29)10-12-23/h3-12,15,19-20H,13-14,16-18H2,1-2H3. The third-order valence-electron chi connectivity index (χ3n) is 6.86. The number of carbonyl (C=O) groups excluding carboxylic acids is 1. The van der Waals surface area contributed by atoms with Crippen molar-refractivity contribution < 1.29 is 13.2 Å². The molecule has 10 heteroatoms. The molecule has 3 heterocycles. The third kappa shape index (κ3) is 5.47. The molecule has 198 valence electrons. The van der Waals surface area contributed by atoms with Crippen molar-refractivity contribution >= 4 is 54.2 Å². The molecule has 1 amide bonds. The predicted octanol–water partition coefficient (Wildman–Crippen LogP) is 6.10. The summed E-state index contributed by atoms with van der Waals surface area (Å²) in [6.45, 7) is 5.12. The van der Waals surface area contributed by atoms with Gasteiger partial charge in [-0.1, -0.05) is 55.0 Å². The van der Waals surface area contributed by atoms with Gasteiger partial charge in [0.1, 0.15) is 0 Å². The second-order valence-electron chi connectivity index (χ2n) is 9.72. The Balaban J connectivity index is 1.39. The topological polar surface area (TPSA) is 83.5 Å². The van der Waals surface area contributed by atoms with Gasteiger partial charge in [0, 0.05) is 30.2 Å². The zero-order valence-electron chi connectivity index (χ0n) is 21.2. The summed E-state index contributed by atoms with van der Waals surface area (Å²) in [5.74, 6) is -0.0585. The number of anilines is 1. The SMILES string of the molecule is CC(C)c1cccc2sc(N(Cc3ccccn3)C(=O)C3CCN(S(=O)(=O)c4ccc(Cl)cc4)CC3)nc12. The molecule has 0 bridgehead atoms. The molecule has 0 spiro atoms. The molecular weight excluding hydrogens is 540 g/mol. The molecule has 7 nitrogen and oxygen atoms in total.